The summed E-state index contributed by atoms with van der Waals surface area (Å²) in [7, 11) is 0. The highest BCUT2D eigenvalue weighted by molar-refractivity contribution is 9.10. The van der Waals surface area contributed by atoms with Gasteiger partial charge in [0.1, 0.15) is 11.0 Å². The molecule has 6 heteroatoms. The SMILES string of the molecule is CC1SCC(c2nc(Cl)c(Br)c(C(C)(C)C)n2)SC1C. The van der Waals surface area contributed by atoms with Crippen molar-refractivity contribution in [1.82, 2.24) is 9.97 Å². The monoisotopic (exact) mass is 394 g/mol. The summed E-state index contributed by atoms with van der Waals surface area (Å²) in [6.45, 7) is 11.0. The van der Waals surface area contributed by atoms with Crippen molar-refractivity contribution in [3.8, 4) is 0 Å². The predicted octanol–water partition coefficient (Wildman–Crippen LogP) is 5.49. The molecule has 20 heavy (non-hydrogen) atoms. The quantitative estimate of drug-likeness (QED) is 0.587. The standard InChI is InChI=1S/C14H20BrClN2S2/c1-7-8(2)20-9(6-19-7)13-17-11(14(3,4)5)10(15)12(16)18-13/h7-9H,6H2,1-5H3. The normalized spacial score (nSPS) is 27.6. The van der Waals surface area contributed by atoms with Crippen molar-refractivity contribution in [3.63, 3.8) is 0 Å². The van der Waals surface area contributed by atoms with Gasteiger partial charge in [0.15, 0.2) is 0 Å². The van der Waals surface area contributed by atoms with Crippen LogP contribution in [0.3, 0.4) is 0 Å². The van der Waals surface area contributed by atoms with Gasteiger partial charge in [-0.1, -0.05) is 46.2 Å². The van der Waals surface area contributed by atoms with Crippen LogP contribution in [0.15, 0.2) is 4.47 Å². The van der Waals surface area contributed by atoms with E-state index in [2.05, 4.69) is 55.5 Å². The number of halogens is 2. The van der Waals surface area contributed by atoms with E-state index in [1.54, 1.807) is 0 Å². The Kier molecular flexibility index (Phi) is 5.37. The van der Waals surface area contributed by atoms with Crippen LogP contribution in [0.4, 0.5) is 0 Å². The molecule has 0 radical (unpaired) electrons. The fourth-order valence-electron chi connectivity index (χ4n) is 2.00. The van der Waals surface area contributed by atoms with Crippen molar-refractivity contribution in [2.75, 3.05) is 5.75 Å². The summed E-state index contributed by atoms with van der Waals surface area (Å²) in [6, 6.07) is 0. The average molecular weight is 396 g/mol. The number of thioether (sulfide) groups is 2. The molecule has 1 fully saturated rings. The van der Waals surface area contributed by atoms with Gasteiger partial charge in [0, 0.05) is 21.7 Å². The Labute approximate surface area is 143 Å². The lowest BCUT2D eigenvalue weighted by molar-refractivity contribution is 0.558. The zero-order chi connectivity index (χ0) is 15.1. The maximum atomic E-state index is 6.30. The molecule has 0 aromatic carbocycles. The molecule has 3 atom stereocenters. The maximum absolute atomic E-state index is 6.30. The molecule has 1 aliphatic heterocycles. The summed E-state index contributed by atoms with van der Waals surface area (Å²) in [5, 5.41) is 2.15. The van der Waals surface area contributed by atoms with E-state index in [-0.39, 0.29) is 5.41 Å². The Morgan fingerprint density at radius 3 is 2.40 bits per heavy atom. The van der Waals surface area contributed by atoms with E-state index in [1.807, 2.05) is 23.5 Å². The minimum Gasteiger partial charge on any atom is -0.235 e. The minimum absolute atomic E-state index is 0.0501. The summed E-state index contributed by atoms with van der Waals surface area (Å²) >= 11 is 13.8. The van der Waals surface area contributed by atoms with Gasteiger partial charge in [0.2, 0.25) is 0 Å². The van der Waals surface area contributed by atoms with Crippen LogP contribution in [0.25, 0.3) is 0 Å². The first-order chi connectivity index (χ1) is 9.20. The molecule has 0 saturated carbocycles. The highest BCUT2D eigenvalue weighted by Crippen LogP contribution is 2.44. The topological polar surface area (TPSA) is 25.8 Å². The molecule has 0 N–H and O–H groups in total. The third kappa shape index (κ3) is 3.65. The molecule has 112 valence electrons. The molecule has 2 heterocycles. The third-order valence-electron chi connectivity index (χ3n) is 3.38. The van der Waals surface area contributed by atoms with Gasteiger partial charge < -0.3 is 0 Å². The van der Waals surface area contributed by atoms with E-state index in [0.717, 1.165) is 21.7 Å². The van der Waals surface area contributed by atoms with Gasteiger partial charge >= 0.3 is 0 Å². The van der Waals surface area contributed by atoms with Gasteiger partial charge in [-0.25, -0.2) is 9.97 Å². The Morgan fingerprint density at radius 2 is 1.85 bits per heavy atom. The lowest BCUT2D eigenvalue weighted by Gasteiger charge is -2.31. The van der Waals surface area contributed by atoms with Gasteiger partial charge in [-0.05, 0) is 15.9 Å². The van der Waals surface area contributed by atoms with Crippen LogP contribution in [0.1, 0.15) is 51.4 Å². The average Bonchev–Trinajstić information content (AvgIpc) is 2.34. The van der Waals surface area contributed by atoms with Gasteiger partial charge in [0.05, 0.1) is 15.4 Å². The summed E-state index contributed by atoms with van der Waals surface area (Å²) in [5.41, 5.74) is 0.940. The van der Waals surface area contributed by atoms with Gasteiger partial charge in [0.25, 0.3) is 0 Å². The lowest BCUT2D eigenvalue weighted by Crippen LogP contribution is -2.24. The molecule has 1 saturated heterocycles. The van der Waals surface area contributed by atoms with Crippen molar-refractivity contribution >= 4 is 51.1 Å². The second-order valence-electron chi connectivity index (χ2n) is 6.15. The molecule has 3 unspecified atom stereocenters. The van der Waals surface area contributed by atoms with Crippen LogP contribution in [0.2, 0.25) is 5.15 Å². The molecular weight excluding hydrogens is 376 g/mol. The molecule has 2 rings (SSSR count). The Bertz CT molecular complexity index is 505. The summed E-state index contributed by atoms with van der Waals surface area (Å²) in [6.07, 6.45) is 0. The van der Waals surface area contributed by atoms with Gasteiger partial charge in [-0.15, -0.1) is 11.8 Å². The maximum Gasteiger partial charge on any atom is 0.147 e. The number of rotatable bonds is 1. The van der Waals surface area contributed by atoms with E-state index in [0.29, 0.717) is 20.9 Å². The fraction of sp³-hybridized carbons (Fsp3) is 0.714. The molecule has 0 spiro atoms. The highest BCUT2D eigenvalue weighted by Gasteiger charge is 2.31. The van der Waals surface area contributed by atoms with E-state index in [9.17, 15) is 0 Å². The van der Waals surface area contributed by atoms with Crippen molar-refractivity contribution in [3.05, 3.63) is 21.1 Å². The van der Waals surface area contributed by atoms with Crippen molar-refractivity contribution in [2.24, 2.45) is 0 Å². The van der Waals surface area contributed by atoms with Crippen molar-refractivity contribution in [2.45, 2.75) is 55.8 Å². The number of aromatic nitrogens is 2. The van der Waals surface area contributed by atoms with Crippen molar-refractivity contribution in [1.29, 1.82) is 0 Å². The van der Waals surface area contributed by atoms with Crippen LogP contribution in [0.5, 0.6) is 0 Å². The first kappa shape index (κ1) is 16.9. The second kappa shape index (κ2) is 6.35. The number of hydrogen-bond acceptors (Lipinski definition) is 4. The Hall–Kier alpha value is 0.550. The van der Waals surface area contributed by atoms with Crippen LogP contribution < -0.4 is 0 Å². The van der Waals surface area contributed by atoms with Crippen LogP contribution in [-0.4, -0.2) is 26.2 Å². The molecule has 1 aromatic rings. The van der Waals surface area contributed by atoms with Crippen LogP contribution in [-0.2, 0) is 5.41 Å². The molecule has 1 aromatic heterocycles. The van der Waals surface area contributed by atoms with E-state index in [1.165, 1.54) is 0 Å². The summed E-state index contributed by atoms with van der Waals surface area (Å²) in [5.74, 6) is 1.93. The van der Waals surface area contributed by atoms with E-state index in [4.69, 9.17) is 16.6 Å². The van der Waals surface area contributed by atoms with Gasteiger partial charge in [-0.2, -0.15) is 11.8 Å². The zero-order valence-corrected chi connectivity index (χ0v) is 16.4. The molecule has 0 amide bonds. The highest BCUT2D eigenvalue weighted by atomic mass is 79.9. The van der Waals surface area contributed by atoms with E-state index >= 15 is 0 Å². The summed E-state index contributed by atoms with van der Waals surface area (Å²) in [4.78, 5) is 9.31. The number of hydrogen-bond donors (Lipinski definition) is 0. The van der Waals surface area contributed by atoms with Crippen molar-refractivity contribution < 1.29 is 0 Å². The zero-order valence-electron chi connectivity index (χ0n) is 12.4. The Balaban J connectivity index is 2.36. The smallest absolute Gasteiger partial charge is 0.147 e. The predicted molar refractivity (Wildman–Crippen MR) is 95.2 cm³/mol. The molecule has 0 aliphatic carbocycles. The van der Waals surface area contributed by atoms with E-state index < -0.39 is 0 Å². The first-order valence-electron chi connectivity index (χ1n) is 6.70. The Morgan fingerprint density at radius 1 is 1.20 bits per heavy atom. The largest absolute Gasteiger partial charge is 0.235 e. The van der Waals surface area contributed by atoms with Crippen LogP contribution in [0, 0.1) is 0 Å². The van der Waals surface area contributed by atoms with Gasteiger partial charge in [-0.3, -0.25) is 0 Å². The second-order valence-corrected chi connectivity index (χ2v) is 10.3. The van der Waals surface area contributed by atoms with Crippen LogP contribution >= 0.6 is 51.1 Å². The summed E-state index contributed by atoms with van der Waals surface area (Å²) < 4.78 is 0.824. The molecule has 0 bridgehead atoms. The lowest BCUT2D eigenvalue weighted by atomic mass is 9.92. The molecule has 1 aliphatic rings. The third-order valence-corrected chi connectivity index (χ3v) is 8.02. The fourth-order valence-corrected chi connectivity index (χ4v) is 5.79. The molecule has 2 nitrogen and oxygen atoms in total. The number of nitrogens with zero attached hydrogens (tertiary/aromatic N) is 2. The minimum atomic E-state index is -0.0501. The first-order valence-corrected chi connectivity index (χ1v) is 9.87. The molecular formula is C14H20BrClN2S2.